The van der Waals surface area contributed by atoms with Crippen molar-refractivity contribution >= 4 is 40.2 Å². The molecule has 14 heteroatoms. The molecule has 1 aliphatic carbocycles. The van der Waals surface area contributed by atoms with Crippen LogP contribution in [0.5, 0.6) is 5.75 Å². The number of aromatic nitrogens is 6. The number of piperidine rings is 2. The topological polar surface area (TPSA) is 178 Å². The molecule has 1 unspecified atom stereocenters. The van der Waals surface area contributed by atoms with Gasteiger partial charge < -0.3 is 21.1 Å². The van der Waals surface area contributed by atoms with E-state index in [1.165, 1.54) is 0 Å². The number of para-hydroxylation sites is 2. The molecule has 3 aromatic heterocycles. The van der Waals surface area contributed by atoms with E-state index >= 15 is 0 Å². The highest BCUT2D eigenvalue weighted by Crippen LogP contribution is 2.39. The molecule has 5 aromatic rings. The van der Waals surface area contributed by atoms with E-state index in [9.17, 15) is 19.5 Å². The number of nitrogens with one attached hydrogen (secondary N) is 2. The van der Waals surface area contributed by atoms with Gasteiger partial charge in [-0.15, -0.1) is 10.2 Å². The van der Waals surface area contributed by atoms with E-state index in [2.05, 4.69) is 31.8 Å². The summed E-state index contributed by atoms with van der Waals surface area (Å²) in [7, 11) is 1.78. The third-order valence-corrected chi connectivity index (χ3v) is 11.1. The lowest BCUT2D eigenvalue weighted by molar-refractivity contribution is -0.135. The number of nitrogens with zero attached hydrogens (tertiary/aromatic N) is 7. The third kappa shape index (κ3) is 6.13. The zero-order valence-electron chi connectivity index (χ0n) is 28.5. The Morgan fingerprint density at radius 3 is 2.45 bits per heavy atom. The fraction of sp³-hybridized carbons (Fsp3) is 0.405. The second kappa shape index (κ2) is 13.3. The summed E-state index contributed by atoms with van der Waals surface area (Å²) >= 11 is 0. The molecule has 3 aliphatic rings. The Morgan fingerprint density at radius 1 is 0.902 bits per heavy atom. The van der Waals surface area contributed by atoms with Gasteiger partial charge >= 0.3 is 5.69 Å². The van der Waals surface area contributed by atoms with E-state index in [1.54, 1.807) is 40.4 Å². The molecule has 1 saturated carbocycles. The average Bonchev–Trinajstić information content (AvgIpc) is 3.71. The van der Waals surface area contributed by atoms with Crippen LogP contribution in [-0.2, 0) is 16.6 Å². The first-order chi connectivity index (χ1) is 24.7. The normalized spacial score (nSPS) is 21.9. The van der Waals surface area contributed by atoms with Gasteiger partial charge in [0, 0.05) is 50.4 Å². The van der Waals surface area contributed by atoms with Crippen LogP contribution in [0.4, 0.5) is 17.3 Å². The van der Waals surface area contributed by atoms with E-state index in [-0.39, 0.29) is 29.6 Å². The van der Waals surface area contributed by atoms with Gasteiger partial charge in [0.2, 0.25) is 11.8 Å². The lowest BCUT2D eigenvalue weighted by Gasteiger charge is -2.41. The number of benzene rings is 2. The Bertz CT molecular complexity index is 2170. The smallest absolute Gasteiger partial charge is 0.329 e. The van der Waals surface area contributed by atoms with Crippen LogP contribution in [0.3, 0.4) is 0 Å². The number of phenolic OH excluding ortho intramolecular Hbond substituents is 1. The molecule has 264 valence electrons. The predicted molar refractivity (Wildman–Crippen MR) is 192 cm³/mol. The first-order valence-electron chi connectivity index (χ1n) is 17.8. The van der Waals surface area contributed by atoms with Crippen LogP contribution in [0.15, 0.2) is 65.6 Å². The highest BCUT2D eigenvalue weighted by atomic mass is 16.3. The first kappa shape index (κ1) is 32.7. The summed E-state index contributed by atoms with van der Waals surface area (Å²) in [6.07, 6.45) is 8.83. The van der Waals surface area contributed by atoms with Gasteiger partial charge in [0.25, 0.3) is 0 Å². The number of fused-ring (bicyclic) bond motifs is 1. The number of anilines is 3. The summed E-state index contributed by atoms with van der Waals surface area (Å²) in [5.41, 5.74) is 10.4. The van der Waals surface area contributed by atoms with Crippen molar-refractivity contribution < 1.29 is 14.7 Å². The molecule has 8 rings (SSSR count). The highest BCUT2D eigenvalue weighted by Gasteiger charge is 2.34. The van der Waals surface area contributed by atoms with Gasteiger partial charge in [0.05, 0.1) is 28.5 Å². The summed E-state index contributed by atoms with van der Waals surface area (Å²) in [6.45, 7) is 2.01. The molecule has 2 amide bonds. The van der Waals surface area contributed by atoms with Crippen LogP contribution in [0, 0.1) is 0 Å². The van der Waals surface area contributed by atoms with E-state index in [0.717, 1.165) is 68.2 Å². The predicted octanol–water partition coefficient (Wildman–Crippen LogP) is 4.37. The number of aromatic hydroxyl groups is 1. The maximum absolute atomic E-state index is 13.4. The number of amides is 2. The number of imidazole rings is 1. The zero-order chi connectivity index (χ0) is 35.2. The van der Waals surface area contributed by atoms with Crippen molar-refractivity contribution in [1.82, 2.24) is 39.3 Å². The van der Waals surface area contributed by atoms with Crippen molar-refractivity contribution in [2.24, 2.45) is 7.05 Å². The lowest BCUT2D eigenvalue weighted by atomic mass is 9.80. The number of aryl methyl sites for hydroxylation is 1. The second-order valence-corrected chi connectivity index (χ2v) is 14.0. The molecule has 2 aromatic carbocycles. The number of carbonyl (C=O) groups is 2. The fourth-order valence-electron chi connectivity index (χ4n) is 8.36. The Morgan fingerprint density at radius 2 is 1.69 bits per heavy atom. The Hall–Kier alpha value is -5.50. The molecule has 1 atom stereocenters. The van der Waals surface area contributed by atoms with Crippen molar-refractivity contribution in [3.05, 3.63) is 76.8 Å². The molecular weight excluding hydrogens is 648 g/mol. The van der Waals surface area contributed by atoms with Gasteiger partial charge in [-0.3, -0.25) is 28.7 Å². The zero-order valence-corrected chi connectivity index (χ0v) is 28.5. The van der Waals surface area contributed by atoms with Crippen molar-refractivity contribution in [1.29, 1.82) is 0 Å². The first-order valence-corrected chi connectivity index (χ1v) is 17.8. The van der Waals surface area contributed by atoms with Crippen molar-refractivity contribution in [3.8, 4) is 17.0 Å². The lowest BCUT2D eigenvalue weighted by Crippen LogP contribution is -2.44. The van der Waals surface area contributed by atoms with E-state index in [0.29, 0.717) is 47.2 Å². The maximum Gasteiger partial charge on any atom is 0.329 e. The molecule has 2 aliphatic heterocycles. The van der Waals surface area contributed by atoms with Crippen LogP contribution in [-0.4, -0.2) is 70.1 Å². The molecule has 5 N–H and O–H groups in total. The van der Waals surface area contributed by atoms with Gasteiger partial charge in [0.15, 0.2) is 11.6 Å². The molecule has 2 saturated heterocycles. The standard InChI is InChI=1S/C37H42N10O4/c1-44-34-25(6-4-7-29(34)47(37(44)51)30-13-14-33(49)40-36(30)50)22-9-11-23(12-10-22)45-18-15-24(16-19-45)46-20-17-32(43-46)39-28-21-27(41-42-35(28)38)26-5-2-3-8-31(26)48/h2-8,17,20-24,30,48H,9-16,18-19H2,1H3,(H2,38,42)(H,39,41,43)(H,40,49,50). The summed E-state index contributed by atoms with van der Waals surface area (Å²) in [6, 6.07) is 16.9. The summed E-state index contributed by atoms with van der Waals surface area (Å²) in [5, 5.41) is 29.0. The van der Waals surface area contributed by atoms with Gasteiger partial charge in [-0.1, -0.05) is 24.3 Å². The summed E-state index contributed by atoms with van der Waals surface area (Å²) < 4.78 is 5.30. The Balaban J connectivity index is 0.887. The van der Waals surface area contributed by atoms with Gasteiger partial charge in [-0.05, 0) is 80.7 Å². The molecule has 0 radical (unpaired) electrons. The number of nitrogens with two attached hydrogens (primary N) is 1. The van der Waals surface area contributed by atoms with Crippen LogP contribution < -0.4 is 22.1 Å². The molecule has 0 spiro atoms. The van der Waals surface area contributed by atoms with Crippen LogP contribution >= 0.6 is 0 Å². The largest absolute Gasteiger partial charge is 0.507 e. The quantitative estimate of drug-likeness (QED) is 0.179. The number of nitrogen functional groups attached to an aromatic ring is 1. The number of likely N-dealkylation sites (tertiary alicyclic amines) is 1. The minimum atomic E-state index is -0.681. The van der Waals surface area contributed by atoms with Crippen molar-refractivity contribution in [2.45, 2.75) is 75.4 Å². The fourth-order valence-corrected chi connectivity index (χ4v) is 8.36. The molecular formula is C37H42N10O4. The van der Waals surface area contributed by atoms with Gasteiger partial charge in [-0.2, -0.15) is 5.10 Å². The van der Waals surface area contributed by atoms with Gasteiger partial charge in [0.1, 0.15) is 11.8 Å². The van der Waals surface area contributed by atoms with E-state index in [4.69, 9.17) is 10.8 Å². The second-order valence-electron chi connectivity index (χ2n) is 14.0. The molecule has 0 bridgehead atoms. The number of hydrogen-bond acceptors (Lipinski definition) is 10. The number of rotatable bonds is 7. The minimum absolute atomic E-state index is 0.121. The number of carbonyl (C=O) groups excluding carboxylic acids is 2. The molecule has 14 nitrogen and oxygen atoms in total. The van der Waals surface area contributed by atoms with E-state index in [1.807, 2.05) is 35.1 Å². The monoisotopic (exact) mass is 690 g/mol. The maximum atomic E-state index is 13.4. The van der Waals surface area contributed by atoms with Crippen LogP contribution in [0.2, 0.25) is 0 Å². The Labute approximate surface area is 294 Å². The Kier molecular flexibility index (Phi) is 8.54. The van der Waals surface area contributed by atoms with Gasteiger partial charge in [-0.25, -0.2) is 4.79 Å². The number of imide groups is 1. The van der Waals surface area contributed by atoms with Crippen LogP contribution in [0.1, 0.15) is 74.9 Å². The highest BCUT2D eigenvalue weighted by molar-refractivity contribution is 6.00. The molecule has 51 heavy (non-hydrogen) atoms. The van der Waals surface area contributed by atoms with E-state index < -0.39 is 11.9 Å². The minimum Gasteiger partial charge on any atom is -0.507 e. The summed E-state index contributed by atoms with van der Waals surface area (Å²) in [4.78, 5) is 40.5. The van der Waals surface area contributed by atoms with Crippen molar-refractivity contribution in [2.75, 3.05) is 24.1 Å². The number of phenols is 1. The molecule has 5 heterocycles. The van der Waals surface area contributed by atoms with Crippen molar-refractivity contribution in [3.63, 3.8) is 0 Å². The van der Waals surface area contributed by atoms with Crippen LogP contribution in [0.25, 0.3) is 22.3 Å². The molecule has 3 fully saturated rings. The summed E-state index contributed by atoms with van der Waals surface area (Å²) in [5.74, 6) is 0.669. The average molecular weight is 691 g/mol. The SMILES string of the molecule is Cn1c(=O)n(C2CCC(=O)NC2=O)c2cccc(C3CCC(N4CCC(n5ccc(Nc6cc(-c7ccccc7O)nnc6N)n5)CC4)CC3)c21. The third-order valence-electron chi connectivity index (χ3n) is 11.1. The number of hydrogen-bond donors (Lipinski definition) is 4.